The SMILES string of the molecule is Cc1noc(C=C(c2cccs2)C(F)(F)F)c1[N+](=O)[O-]. The van der Waals surface area contributed by atoms with E-state index in [0.717, 1.165) is 11.3 Å². The molecule has 20 heavy (non-hydrogen) atoms. The molecule has 106 valence electrons. The second kappa shape index (κ2) is 5.08. The van der Waals surface area contributed by atoms with Crippen molar-refractivity contribution in [3.63, 3.8) is 0 Å². The quantitative estimate of drug-likeness (QED) is 0.633. The molecule has 0 saturated heterocycles. The van der Waals surface area contributed by atoms with Crippen LogP contribution in [-0.4, -0.2) is 16.3 Å². The zero-order valence-electron chi connectivity index (χ0n) is 9.97. The summed E-state index contributed by atoms with van der Waals surface area (Å²) in [5.74, 6) is -0.520. The average molecular weight is 304 g/mol. The van der Waals surface area contributed by atoms with E-state index in [1.54, 1.807) is 0 Å². The molecule has 2 heterocycles. The van der Waals surface area contributed by atoms with Gasteiger partial charge in [-0.2, -0.15) is 13.2 Å². The summed E-state index contributed by atoms with van der Waals surface area (Å²) in [6.07, 6.45) is -4.05. The van der Waals surface area contributed by atoms with E-state index in [9.17, 15) is 23.3 Å². The summed E-state index contributed by atoms with van der Waals surface area (Å²) in [4.78, 5) is 9.94. The molecule has 0 radical (unpaired) electrons. The number of allylic oxidation sites excluding steroid dienone is 1. The third-order valence-electron chi connectivity index (χ3n) is 2.41. The van der Waals surface area contributed by atoms with Gasteiger partial charge in [0.2, 0.25) is 5.76 Å². The zero-order chi connectivity index (χ0) is 14.9. The monoisotopic (exact) mass is 304 g/mol. The average Bonchev–Trinajstić information content (AvgIpc) is 2.93. The molecule has 0 aliphatic carbocycles. The van der Waals surface area contributed by atoms with Crippen LogP contribution >= 0.6 is 11.3 Å². The Hall–Kier alpha value is -2.16. The second-order valence-electron chi connectivity index (χ2n) is 3.77. The Morgan fingerprint density at radius 3 is 2.75 bits per heavy atom. The number of aromatic nitrogens is 1. The molecule has 0 aliphatic heterocycles. The van der Waals surface area contributed by atoms with Crippen molar-refractivity contribution in [2.24, 2.45) is 0 Å². The van der Waals surface area contributed by atoms with Gasteiger partial charge in [-0.15, -0.1) is 11.3 Å². The predicted molar refractivity (Wildman–Crippen MR) is 66.1 cm³/mol. The van der Waals surface area contributed by atoms with Gasteiger partial charge in [-0.05, 0) is 18.4 Å². The number of hydrogen-bond acceptors (Lipinski definition) is 5. The van der Waals surface area contributed by atoms with Gasteiger partial charge in [-0.25, -0.2) is 0 Å². The van der Waals surface area contributed by atoms with Crippen LogP contribution in [0.4, 0.5) is 18.9 Å². The number of hydrogen-bond donors (Lipinski definition) is 0. The lowest BCUT2D eigenvalue weighted by atomic mass is 10.1. The summed E-state index contributed by atoms with van der Waals surface area (Å²) in [5.41, 5.74) is -1.65. The molecule has 0 amide bonds. The highest BCUT2D eigenvalue weighted by molar-refractivity contribution is 7.11. The fourth-order valence-corrected chi connectivity index (χ4v) is 2.32. The Kier molecular flexibility index (Phi) is 3.62. The van der Waals surface area contributed by atoms with Crippen molar-refractivity contribution in [1.82, 2.24) is 5.16 Å². The van der Waals surface area contributed by atoms with Crippen LogP contribution in [-0.2, 0) is 0 Å². The normalized spacial score (nSPS) is 12.7. The van der Waals surface area contributed by atoms with Gasteiger partial charge in [0.05, 0.1) is 10.5 Å². The zero-order valence-corrected chi connectivity index (χ0v) is 10.8. The third kappa shape index (κ3) is 2.72. The van der Waals surface area contributed by atoms with E-state index in [1.165, 1.54) is 24.4 Å². The maximum atomic E-state index is 13.0. The summed E-state index contributed by atoms with van der Waals surface area (Å²) in [6, 6.07) is 2.73. The summed E-state index contributed by atoms with van der Waals surface area (Å²) < 4.78 is 43.7. The molecule has 0 aliphatic rings. The van der Waals surface area contributed by atoms with Gasteiger partial charge in [-0.3, -0.25) is 10.1 Å². The van der Waals surface area contributed by atoms with Crippen LogP contribution in [0.3, 0.4) is 0 Å². The van der Waals surface area contributed by atoms with Crippen LogP contribution in [0.25, 0.3) is 11.6 Å². The first-order valence-electron chi connectivity index (χ1n) is 5.24. The van der Waals surface area contributed by atoms with Crippen molar-refractivity contribution in [3.05, 3.63) is 44.0 Å². The molecule has 0 atom stereocenters. The lowest BCUT2D eigenvalue weighted by Crippen LogP contribution is -2.09. The number of alkyl halides is 3. The van der Waals surface area contributed by atoms with Crippen molar-refractivity contribution >= 4 is 28.7 Å². The molecule has 2 rings (SSSR count). The molecular formula is C11H7F3N2O3S. The summed E-state index contributed by atoms with van der Waals surface area (Å²) >= 11 is 0.878. The number of aryl methyl sites for hydroxylation is 1. The topological polar surface area (TPSA) is 69.2 Å². The van der Waals surface area contributed by atoms with Crippen LogP contribution in [0, 0.1) is 17.0 Å². The van der Waals surface area contributed by atoms with Gasteiger partial charge in [0.1, 0.15) is 0 Å². The Bertz CT molecular complexity index is 659. The molecule has 2 aromatic heterocycles. The number of nitro groups is 1. The Morgan fingerprint density at radius 1 is 1.55 bits per heavy atom. The van der Waals surface area contributed by atoms with Crippen molar-refractivity contribution < 1.29 is 22.6 Å². The molecule has 5 nitrogen and oxygen atoms in total. The fourth-order valence-electron chi connectivity index (χ4n) is 1.55. The number of nitrogens with zero attached hydrogens (tertiary/aromatic N) is 2. The van der Waals surface area contributed by atoms with Gasteiger partial charge in [0.25, 0.3) is 0 Å². The van der Waals surface area contributed by atoms with Crippen molar-refractivity contribution in [1.29, 1.82) is 0 Å². The number of thiophene rings is 1. The third-order valence-corrected chi connectivity index (χ3v) is 3.31. The van der Waals surface area contributed by atoms with Gasteiger partial charge < -0.3 is 4.52 Å². The highest BCUT2D eigenvalue weighted by Gasteiger charge is 2.37. The maximum absolute atomic E-state index is 13.0. The van der Waals surface area contributed by atoms with E-state index in [2.05, 4.69) is 9.68 Å². The highest BCUT2D eigenvalue weighted by atomic mass is 32.1. The van der Waals surface area contributed by atoms with E-state index in [1.807, 2.05) is 0 Å². The van der Waals surface area contributed by atoms with E-state index in [-0.39, 0.29) is 10.6 Å². The number of halogens is 3. The first kappa shape index (κ1) is 14.3. The predicted octanol–water partition coefficient (Wildman–Crippen LogP) is 4.06. The van der Waals surface area contributed by atoms with Gasteiger partial charge in [-0.1, -0.05) is 11.2 Å². The Morgan fingerprint density at radius 2 is 2.25 bits per heavy atom. The van der Waals surface area contributed by atoms with E-state index in [4.69, 9.17) is 0 Å². The van der Waals surface area contributed by atoms with Crippen LogP contribution in [0.5, 0.6) is 0 Å². The Labute approximate surface area is 114 Å². The van der Waals surface area contributed by atoms with Crippen LogP contribution in [0.1, 0.15) is 16.3 Å². The summed E-state index contributed by atoms with van der Waals surface area (Å²) in [6.45, 7) is 1.29. The second-order valence-corrected chi connectivity index (χ2v) is 4.72. The van der Waals surface area contributed by atoms with Gasteiger partial charge in [0, 0.05) is 11.0 Å². The van der Waals surface area contributed by atoms with Crippen molar-refractivity contribution in [3.8, 4) is 0 Å². The lowest BCUT2D eigenvalue weighted by Gasteiger charge is -2.08. The fraction of sp³-hybridized carbons (Fsp3) is 0.182. The van der Waals surface area contributed by atoms with Crippen LogP contribution in [0.15, 0.2) is 22.0 Å². The van der Waals surface area contributed by atoms with E-state index >= 15 is 0 Å². The standard InChI is InChI=1S/C11H7F3N2O3S/c1-6-10(16(17)18)8(19-15-6)5-7(11(12,13)14)9-3-2-4-20-9/h2-5H,1H3. The first-order chi connectivity index (χ1) is 9.30. The highest BCUT2D eigenvalue weighted by Crippen LogP contribution is 2.39. The van der Waals surface area contributed by atoms with Crippen molar-refractivity contribution in [2.75, 3.05) is 0 Å². The van der Waals surface area contributed by atoms with Crippen molar-refractivity contribution in [2.45, 2.75) is 13.1 Å². The molecule has 0 unspecified atom stereocenters. The molecule has 0 bridgehead atoms. The Balaban J connectivity index is 2.58. The minimum Gasteiger partial charge on any atom is -0.349 e. The molecule has 2 aromatic rings. The largest absolute Gasteiger partial charge is 0.417 e. The minimum absolute atomic E-state index is 0.0548. The molecule has 0 N–H and O–H groups in total. The lowest BCUT2D eigenvalue weighted by molar-refractivity contribution is -0.386. The number of rotatable bonds is 3. The van der Waals surface area contributed by atoms with Crippen LogP contribution < -0.4 is 0 Å². The van der Waals surface area contributed by atoms with Gasteiger partial charge >= 0.3 is 11.9 Å². The minimum atomic E-state index is -4.65. The molecule has 0 aromatic carbocycles. The van der Waals surface area contributed by atoms with Gasteiger partial charge in [0.15, 0.2) is 5.69 Å². The molecule has 9 heteroatoms. The van der Waals surface area contributed by atoms with Crippen LogP contribution in [0.2, 0.25) is 0 Å². The molecule has 0 spiro atoms. The summed E-state index contributed by atoms with van der Waals surface area (Å²) in [7, 11) is 0. The maximum Gasteiger partial charge on any atom is 0.417 e. The van der Waals surface area contributed by atoms with E-state index < -0.39 is 28.1 Å². The molecule has 0 saturated carbocycles. The smallest absolute Gasteiger partial charge is 0.349 e. The molecule has 0 fully saturated rings. The molecular weight excluding hydrogens is 297 g/mol. The summed E-state index contributed by atoms with van der Waals surface area (Å²) in [5, 5.41) is 15.6. The first-order valence-corrected chi connectivity index (χ1v) is 6.12. The van der Waals surface area contributed by atoms with E-state index in [0.29, 0.717) is 6.08 Å².